The van der Waals surface area contributed by atoms with Crippen LogP contribution in [0.5, 0.6) is 5.75 Å². The highest BCUT2D eigenvalue weighted by Crippen LogP contribution is 2.39. The van der Waals surface area contributed by atoms with Crippen molar-refractivity contribution in [1.29, 1.82) is 0 Å². The Morgan fingerprint density at radius 2 is 1.95 bits per heavy atom. The Morgan fingerprint density at radius 3 is 2.58 bits per heavy atom. The highest BCUT2D eigenvalue weighted by atomic mass is 35.5. The second kappa shape index (κ2) is 4.90. The third kappa shape index (κ3) is 2.39. The molecule has 0 saturated carbocycles. The van der Waals surface area contributed by atoms with E-state index in [9.17, 15) is 15.2 Å². The molecule has 0 spiro atoms. The van der Waals surface area contributed by atoms with E-state index in [1.165, 1.54) is 12.1 Å². The molecule has 0 atom stereocenters. The molecule has 2 aromatic rings. The van der Waals surface area contributed by atoms with Crippen LogP contribution in [0, 0.1) is 24.0 Å². The van der Waals surface area contributed by atoms with Gasteiger partial charge in [-0.3, -0.25) is 10.1 Å². The van der Waals surface area contributed by atoms with Gasteiger partial charge in [0.2, 0.25) is 0 Å². The van der Waals surface area contributed by atoms with Crippen LogP contribution in [-0.2, 0) is 0 Å². The topological polar surface area (TPSA) is 63.4 Å². The minimum absolute atomic E-state index is 0.0204. The zero-order chi connectivity index (χ0) is 14.2. The molecule has 0 radical (unpaired) electrons. The van der Waals surface area contributed by atoms with E-state index in [0.29, 0.717) is 21.7 Å². The number of halogens is 1. The number of hydrogen-bond acceptors (Lipinski definition) is 3. The summed E-state index contributed by atoms with van der Waals surface area (Å²) >= 11 is 6.16. The quantitative estimate of drug-likeness (QED) is 0.660. The molecule has 0 aliphatic carbocycles. The predicted molar refractivity (Wildman–Crippen MR) is 74.7 cm³/mol. The molecular weight excluding hydrogens is 266 g/mol. The Labute approximate surface area is 115 Å². The Bertz CT molecular complexity index is 668. The summed E-state index contributed by atoms with van der Waals surface area (Å²) in [6.45, 7) is 3.58. The fourth-order valence-electron chi connectivity index (χ4n) is 2.08. The van der Waals surface area contributed by atoms with Gasteiger partial charge < -0.3 is 5.11 Å². The van der Waals surface area contributed by atoms with Crippen molar-refractivity contribution in [1.82, 2.24) is 0 Å². The summed E-state index contributed by atoms with van der Waals surface area (Å²) in [6.07, 6.45) is 0. The molecule has 0 amide bonds. The molecule has 0 fully saturated rings. The lowest BCUT2D eigenvalue weighted by Crippen LogP contribution is -1.91. The number of benzene rings is 2. The van der Waals surface area contributed by atoms with Crippen molar-refractivity contribution in [2.75, 3.05) is 0 Å². The van der Waals surface area contributed by atoms with E-state index < -0.39 is 4.92 Å². The Morgan fingerprint density at radius 1 is 1.26 bits per heavy atom. The molecule has 0 unspecified atom stereocenters. The first-order valence-corrected chi connectivity index (χ1v) is 6.03. The molecule has 2 rings (SSSR count). The summed E-state index contributed by atoms with van der Waals surface area (Å²) in [5, 5.41) is 21.4. The summed E-state index contributed by atoms with van der Waals surface area (Å²) in [7, 11) is 0. The van der Waals surface area contributed by atoms with E-state index in [1.54, 1.807) is 32.0 Å². The molecule has 2 aromatic carbocycles. The smallest absolute Gasteiger partial charge is 0.270 e. The van der Waals surface area contributed by atoms with E-state index >= 15 is 0 Å². The monoisotopic (exact) mass is 277 g/mol. The van der Waals surface area contributed by atoms with Crippen molar-refractivity contribution in [3.63, 3.8) is 0 Å². The lowest BCUT2D eigenvalue weighted by molar-refractivity contribution is -0.384. The minimum Gasteiger partial charge on any atom is -0.507 e. The number of phenols is 1. The number of aryl methyl sites for hydroxylation is 1. The van der Waals surface area contributed by atoms with Crippen LogP contribution in [0.15, 0.2) is 30.3 Å². The first kappa shape index (κ1) is 13.4. The molecule has 0 aliphatic heterocycles. The maximum atomic E-state index is 10.8. The molecule has 19 heavy (non-hydrogen) atoms. The Kier molecular flexibility index (Phi) is 3.44. The summed E-state index contributed by atoms with van der Waals surface area (Å²) in [5.74, 6) is 0.0693. The van der Waals surface area contributed by atoms with Crippen LogP contribution < -0.4 is 0 Å². The third-order valence-corrected chi connectivity index (χ3v) is 3.59. The highest BCUT2D eigenvalue weighted by molar-refractivity contribution is 6.32. The van der Waals surface area contributed by atoms with Crippen LogP contribution in [0.2, 0.25) is 5.02 Å². The van der Waals surface area contributed by atoms with Gasteiger partial charge in [-0.1, -0.05) is 23.7 Å². The summed E-state index contributed by atoms with van der Waals surface area (Å²) < 4.78 is 0. The van der Waals surface area contributed by atoms with Gasteiger partial charge in [0.1, 0.15) is 5.75 Å². The second-order valence-corrected chi connectivity index (χ2v) is 4.71. The van der Waals surface area contributed by atoms with E-state index in [0.717, 1.165) is 5.56 Å². The molecule has 4 nitrogen and oxygen atoms in total. The average Bonchev–Trinajstić information content (AvgIpc) is 2.36. The van der Waals surface area contributed by atoms with Gasteiger partial charge in [0.15, 0.2) is 0 Å². The SMILES string of the molecule is Cc1cc(O)c(-c2cccc([N+](=O)[O-])c2)c(C)c1Cl. The number of hydrogen-bond donors (Lipinski definition) is 1. The predicted octanol–water partition coefficient (Wildman–Crippen LogP) is 4.24. The first-order chi connectivity index (χ1) is 8.91. The number of rotatable bonds is 2. The van der Waals surface area contributed by atoms with Crippen molar-refractivity contribution >= 4 is 17.3 Å². The average molecular weight is 278 g/mol. The summed E-state index contributed by atoms with van der Waals surface area (Å²) in [4.78, 5) is 10.3. The molecule has 1 N–H and O–H groups in total. The van der Waals surface area contributed by atoms with Crippen molar-refractivity contribution in [3.8, 4) is 16.9 Å². The zero-order valence-corrected chi connectivity index (χ0v) is 11.2. The van der Waals surface area contributed by atoms with Crippen LogP contribution in [0.1, 0.15) is 11.1 Å². The van der Waals surface area contributed by atoms with Crippen LogP contribution in [0.25, 0.3) is 11.1 Å². The molecule has 98 valence electrons. The number of nitro benzene ring substituents is 1. The van der Waals surface area contributed by atoms with Crippen molar-refractivity contribution in [3.05, 3.63) is 56.6 Å². The normalized spacial score (nSPS) is 10.5. The van der Waals surface area contributed by atoms with Crippen molar-refractivity contribution in [2.24, 2.45) is 0 Å². The standard InChI is InChI=1S/C14H12ClNO3/c1-8-6-12(17)13(9(2)14(8)15)10-4-3-5-11(7-10)16(18)19/h3-7,17H,1-2H3. The lowest BCUT2D eigenvalue weighted by Gasteiger charge is -2.12. The van der Waals surface area contributed by atoms with Crippen LogP contribution in [0.3, 0.4) is 0 Å². The maximum Gasteiger partial charge on any atom is 0.270 e. The Hall–Kier alpha value is -2.07. The fraction of sp³-hybridized carbons (Fsp3) is 0.143. The van der Waals surface area contributed by atoms with Crippen molar-refractivity contribution in [2.45, 2.75) is 13.8 Å². The number of non-ortho nitro benzene ring substituents is 1. The van der Waals surface area contributed by atoms with E-state index in [1.807, 2.05) is 0 Å². The molecule has 5 heteroatoms. The molecule has 0 aromatic heterocycles. The van der Waals surface area contributed by atoms with Gasteiger partial charge in [-0.2, -0.15) is 0 Å². The molecule has 0 heterocycles. The molecule has 0 bridgehead atoms. The molecular formula is C14H12ClNO3. The molecule has 0 aliphatic rings. The number of nitro groups is 1. The van der Waals surface area contributed by atoms with E-state index in [4.69, 9.17) is 11.6 Å². The highest BCUT2D eigenvalue weighted by Gasteiger charge is 2.15. The van der Waals surface area contributed by atoms with E-state index in [-0.39, 0.29) is 11.4 Å². The van der Waals surface area contributed by atoms with Gasteiger partial charge in [-0.15, -0.1) is 0 Å². The lowest BCUT2D eigenvalue weighted by atomic mass is 9.97. The minimum atomic E-state index is -0.467. The second-order valence-electron chi connectivity index (χ2n) is 4.33. The summed E-state index contributed by atoms with van der Waals surface area (Å²) in [5.41, 5.74) is 2.56. The number of phenolic OH excluding ortho intramolecular Hbond substituents is 1. The molecule has 0 saturated heterocycles. The van der Waals surface area contributed by atoms with Crippen LogP contribution in [-0.4, -0.2) is 10.0 Å². The largest absolute Gasteiger partial charge is 0.507 e. The van der Waals surface area contributed by atoms with Gasteiger partial charge >= 0.3 is 0 Å². The van der Waals surface area contributed by atoms with Crippen LogP contribution in [0.4, 0.5) is 5.69 Å². The van der Waals surface area contributed by atoms with Crippen LogP contribution >= 0.6 is 11.6 Å². The fourth-order valence-corrected chi connectivity index (χ4v) is 2.23. The van der Waals surface area contributed by atoms with E-state index in [2.05, 4.69) is 0 Å². The summed E-state index contributed by atoms with van der Waals surface area (Å²) in [6, 6.07) is 7.68. The van der Waals surface area contributed by atoms with Gasteiger partial charge in [0.25, 0.3) is 5.69 Å². The Balaban J connectivity index is 2.69. The third-order valence-electron chi connectivity index (χ3n) is 3.01. The zero-order valence-electron chi connectivity index (χ0n) is 10.5. The number of nitrogens with zero attached hydrogens (tertiary/aromatic N) is 1. The van der Waals surface area contributed by atoms with Gasteiger partial charge in [0.05, 0.1) is 4.92 Å². The first-order valence-electron chi connectivity index (χ1n) is 5.65. The maximum absolute atomic E-state index is 10.8. The van der Waals surface area contributed by atoms with Crippen molar-refractivity contribution < 1.29 is 10.0 Å². The number of aromatic hydroxyl groups is 1. The van der Waals surface area contributed by atoms with Gasteiger partial charge in [0, 0.05) is 22.7 Å². The van der Waals surface area contributed by atoms with Gasteiger partial charge in [-0.25, -0.2) is 0 Å². The van der Waals surface area contributed by atoms with Gasteiger partial charge in [-0.05, 0) is 36.6 Å².